The van der Waals surface area contributed by atoms with Crippen LogP contribution >= 0.6 is 11.6 Å². The maximum Gasteiger partial charge on any atom is 0.354 e. The molecule has 0 heterocycles. The van der Waals surface area contributed by atoms with E-state index in [9.17, 15) is 9.59 Å². The second kappa shape index (κ2) is 8.49. The van der Waals surface area contributed by atoms with Crippen molar-refractivity contribution in [1.29, 1.82) is 0 Å². The molecule has 5 heteroatoms. The molecule has 2 aromatic carbocycles. The number of halogens is 1. The predicted octanol–water partition coefficient (Wildman–Crippen LogP) is 4.51. The van der Waals surface area contributed by atoms with E-state index in [-0.39, 0.29) is 0 Å². The number of ether oxygens (including phenoxy) is 2. The average molecular weight is 359 g/mol. The number of hydrogen-bond acceptors (Lipinski definition) is 4. The van der Waals surface area contributed by atoms with Crippen LogP contribution in [0.1, 0.15) is 23.6 Å². The second-order valence-electron chi connectivity index (χ2n) is 5.65. The first-order chi connectivity index (χ1) is 11.8. The van der Waals surface area contributed by atoms with Crippen molar-refractivity contribution in [2.24, 2.45) is 0 Å². The van der Waals surface area contributed by atoms with Gasteiger partial charge in [-0.2, -0.15) is 0 Å². The zero-order chi connectivity index (χ0) is 18.4. The molecule has 2 aromatic rings. The van der Waals surface area contributed by atoms with Crippen LogP contribution in [-0.4, -0.2) is 18.0 Å². The van der Waals surface area contributed by atoms with E-state index in [4.69, 9.17) is 21.1 Å². The molecule has 0 fully saturated rings. The summed E-state index contributed by atoms with van der Waals surface area (Å²) >= 11 is 5.86. The number of esters is 2. The minimum atomic E-state index is -0.934. The Morgan fingerprint density at radius 2 is 1.88 bits per heavy atom. The van der Waals surface area contributed by atoms with Crippen LogP contribution in [0, 0.1) is 13.8 Å². The van der Waals surface area contributed by atoms with E-state index in [2.05, 4.69) is 0 Å². The van der Waals surface area contributed by atoms with E-state index >= 15 is 0 Å². The SMILES string of the molecule is Cc1ccc(C)c(/C=C/C(=O)OC(=O)C(C)Oc2cccc(Cl)c2)c1. The summed E-state index contributed by atoms with van der Waals surface area (Å²) in [5, 5.41) is 0.491. The summed E-state index contributed by atoms with van der Waals surface area (Å²) in [5.74, 6) is -1.08. The van der Waals surface area contributed by atoms with Crippen molar-refractivity contribution >= 4 is 29.6 Å². The molecule has 0 N–H and O–H groups in total. The third-order valence-corrected chi connectivity index (χ3v) is 3.71. The van der Waals surface area contributed by atoms with E-state index < -0.39 is 18.0 Å². The van der Waals surface area contributed by atoms with Crippen LogP contribution in [-0.2, 0) is 14.3 Å². The molecule has 4 nitrogen and oxygen atoms in total. The lowest BCUT2D eigenvalue weighted by Gasteiger charge is -2.12. The number of carbonyl (C=O) groups is 2. The molecule has 25 heavy (non-hydrogen) atoms. The van der Waals surface area contributed by atoms with Crippen LogP contribution in [0.3, 0.4) is 0 Å². The topological polar surface area (TPSA) is 52.6 Å². The van der Waals surface area contributed by atoms with Crippen LogP contribution in [0.2, 0.25) is 5.02 Å². The van der Waals surface area contributed by atoms with Gasteiger partial charge in [0.05, 0.1) is 0 Å². The van der Waals surface area contributed by atoms with Gasteiger partial charge in [-0.25, -0.2) is 9.59 Å². The Hall–Kier alpha value is -2.59. The Morgan fingerprint density at radius 1 is 1.12 bits per heavy atom. The smallest absolute Gasteiger partial charge is 0.354 e. The Morgan fingerprint density at radius 3 is 2.60 bits per heavy atom. The van der Waals surface area contributed by atoms with E-state index in [1.807, 2.05) is 32.0 Å². The number of rotatable bonds is 5. The molecule has 0 bridgehead atoms. The zero-order valence-electron chi connectivity index (χ0n) is 14.3. The monoisotopic (exact) mass is 358 g/mol. The first-order valence-electron chi connectivity index (χ1n) is 7.78. The van der Waals surface area contributed by atoms with Crippen molar-refractivity contribution in [2.75, 3.05) is 0 Å². The van der Waals surface area contributed by atoms with Gasteiger partial charge in [0.15, 0.2) is 6.10 Å². The summed E-state index contributed by atoms with van der Waals surface area (Å²) in [6.07, 6.45) is 1.92. The molecule has 0 aliphatic carbocycles. The Labute approximate surface area is 152 Å². The maximum absolute atomic E-state index is 11.9. The lowest BCUT2D eigenvalue weighted by molar-refractivity contribution is -0.161. The summed E-state index contributed by atoms with van der Waals surface area (Å²) in [5.41, 5.74) is 3.00. The van der Waals surface area contributed by atoms with E-state index in [0.717, 1.165) is 16.7 Å². The molecule has 0 aromatic heterocycles. The van der Waals surface area contributed by atoms with Crippen molar-refractivity contribution in [3.8, 4) is 5.75 Å². The Bertz CT molecular complexity index is 811. The molecular weight excluding hydrogens is 340 g/mol. The fourth-order valence-corrected chi connectivity index (χ4v) is 2.29. The maximum atomic E-state index is 11.9. The zero-order valence-corrected chi connectivity index (χ0v) is 15.0. The molecule has 0 saturated carbocycles. The van der Waals surface area contributed by atoms with E-state index in [1.54, 1.807) is 30.3 Å². The predicted molar refractivity (Wildman–Crippen MR) is 97.6 cm³/mol. The molecular formula is C20H19ClO4. The number of hydrogen-bond donors (Lipinski definition) is 0. The molecule has 0 aliphatic heterocycles. The fraction of sp³-hybridized carbons (Fsp3) is 0.200. The second-order valence-corrected chi connectivity index (χ2v) is 6.09. The van der Waals surface area contributed by atoms with Gasteiger partial charge in [0.25, 0.3) is 0 Å². The largest absolute Gasteiger partial charge is 0.479 e. The molecule has 1 atom stereocenters. The minimum Gasteiger partial charge on any atom is -0.479 e. The highest BCUT2D eigenvalue weighted by atomic mass is 35.5. The van der Waals surface area contributed by atoms with Crippen LogP contribution in [0.4, 0.5) is 0 Å². The van der Waals surface area contributed by atoms with E-state index in [0.29, 0.717) is 10.8 Å². The molecule has 0 spiro atoms. The van der Waals surface area contributed by atoms with Gasteiger partial charge in [0.2, 0.25) is 0 Å². The lowest BCUT2D eigenvalue weighted by Crippen LogP contribution is -2.27. The van der Waals surface area contributed by atoms with Gasteiger partial charge in [-0.15, -0.1) is 0 Å². The lowest BCUT2D eigenvalue weighted by atomic mass is 10.1. The molecule has 0 amide bonds. The number of aryl methyl sites for hydroxylation is 2. The highest BCUT2D eigenvalue weighted by molar-refractivity contribution is 6.30. The number of carbonyl (C=O) groups excluding carboxylic acids is 2. The molecule has 2 rings (SSSR count). The van der Waals surface area contributed by atoms with Crippen LogP contribution < -0.4 is 4.74 Å². The normalized spacial score (nSPS) is 12.0. The minimum absolute atomic E-state index is 0.426. The quantitative estimate of drug-likeness (QED) is 0.448. The van der Waals surface area contributed by atoms with Crippen molar-refractivity contribution in [2.45, 2.75) is 26.9 Å². The van der Waals surface area contributed by atoms with Crippen molar-refractivity contribution < 1.29 is 19.1 Å². The van der Waals surface area contributed by atoms with Gasteiger partial charge in [-0.1, -0.05) is 41.4 Å². The molecule has 0 saturated heterocycles. The molecule has 130 valence electrons. The van der Waals surface area contributed by atoms with E-state index in [1.165, 1.54) is 13.0 Å². The summed E-state index contributed by atoms with van der Waals surface area (Å²) in [6, 6.07) is 12.5. The fourth-order valence-electron chi connectivity index (χ4n) is 2.11. The number of benzene rings is 2. The first-order valence-corrected chi connectivity index (χ1v) is 8.16. The first kappa shape index (κ1) is 18.7. The third kappa shape index (κ3) is 5.76. The molecule has 1 unspecified atom stereocenters. The van der Waals surface area contributed by atoms with Crippen molar-refractivity contribution in [3.63, 3.8) is 0 Å². The Balaban J connectivity index is 1.94. The Kier molecular flexibility index (Phi) is 6.37. The molecule has 0 aliphatic rings. The summed E-state index contributed by atoms with van der Waals surface area (Å²) in [4.78, 5) is 23.8. The third-order valence-electron chi connectivity index (χ3n) is 3.48. The van der Waals surface area contributed by atoms with Gasteiger partial charge in [0, 0.05) is 11.1 Å². The van der Waals surface area contributed by atoms with Gasteiger partial charge in [-0.05, 0) is 56.2 Å². The van der Waals surface area contributed by atoms with Gasteiger partial charge in [-0.3, -0.25) is 0 Å². The molecule has 0 radical (unpaired) electrons. The highest BCUT2D eigenvalue weighted by Gasteiger charge is 2.19. The summed E-state index contributed by atoms with van der Waals surface area (Å²) in [7, 11) is 0. The van der Waals surface area contributed by atoms with Crippen molar-refractivity contribution in [1.82, 2.24) is 0 Å². The standard InChI is InChI=1S/C20H19ClO4/c1-13-7-8-14(2)16(11-13)9-10-19(22)25-20(23)15(3)24-18-6-4-5-17(21)12-18/h4-12,15H,1-3H3/b10-9+. The van der Waals surface area contributed by atoms with Gasteiger partial charge >= 0.3 is 11.9 Å². The van der Waals surface area contributed by atoms with Gasteiger partial charge in [0.1, 0.15) is 5.75 Å². The van der Waals surface area contributed by atoms with Crippen LogP contribution in [0.5, 0.6) is 5.75 Å². The summed E-state index contributed by atoms with van der Waals surface area (Å²) < 4.78 is 10.2. The highest BCUT2D eigenvalue weighted by Crippen LogP contribution is 2.18. The average Bonchev–Trinajstić information content (AvgIpc) is 2.55. The van der Waals surface area contributed by atoms with Crippen molar-refractivity contribution in [3.05, 3.63) is 70.3 Å². The van der Waals surface area contributed by atoms with Gasteiger partial charge < -0.3 is 9.47 Å². The van der Waals surface area contributed by atoms with Crippen LogP contribution in [0.15, 0.2) is 48.5 Å². The summed E-state index contributed by atoms with van der Waals surface area (Å²) in [6.45, 7) is 5.41. The van der Waals surface area contributed by atoms with Crippen LogP contribution in [0.25, 0.3) is 6.08 Å².